The fourth-order valence-electron chi connectivity index (χ4n) is 2.49. The van der Waals surface area contributed by atoms with Crippen LogP contribution in [0, 0.1) is 18.2 Å². The molecule has 0 amide bonds. The number of halogens is 1. The Morgan fingerprint density at radius 2 is 1.95 bits per heavy atom. The van der Waals surface area contributed by atoms with E-state index in [0.29, 0.717) is 6.04 Å². The van der Waals surface area contributed by atoms with Crippen LogP contribution in [0.4, 0.5) is 4.39 Å². The lowest BCUT2D eigenvalue weighted by Gasteiger charge is -2.31. The van der Waals surface area contributed by atoms with E-state index in [2.05, 4.69) is 39.9 Å². The molecule has 0 saturated carbocycles. The van der Waals surface area contributed by atoms with E-state index in [4.69, 9.17) is 0 Å². The molecule has 0 bridgehead atoms. The first kappa shape index (κ1) is 16.2. The molecule has 0 fully saturated rings. The van der Waals surface area contributed by atoms with Crippen molar-refractivity contribution in [2.45, 2.75) is 59.9 Å². The maximum atomic E-state index is 13.2. The van der Waals surface area contributed by atoms with Crippen molar-refractivity contribution < 1.29 is 4.39 Å². The smallest absolute Gasteiger partial charge is 0.123 e. The first-order chi connectivity index (χ1) is 8.84. The highest BCUT2D eigenvalue weighted by molar-refractivity contribution is 5.26. The van der Waals surface area contributed by atoms with Crippen LogP contribution in [0.1, 0.15) is 51.7 Å². The second-order valence-electron chi connectivity index (χ2n) is 6.44. The zero-order chi connectivity index (χ0) is 14.5. The van der Waals surface area contributed by atoms with Gasteiger partial charge in [0.1, 0.15) is 5.82 Å². The number of rotatable bonds is 6. The Balaban J connectivity index is 2.54. The van der Waals surface area contributed by atoms with Gasteiger partial charge in [-0.15, -0.1) is 0 Å². The fraction of sp³-hybridized carbons (Fsp3) is 0.647. The van der Waals surface area contributed by atoms with Crippen LogP contribution < -0.4 is 5.32 Å². The fourth-order valence-corrected chi connectivity index (χ4v) is 2.49. The molecule has 0 aliphatic rings. The SMILES string of the molecule is CCNC(CCCc1cc(F)ccc1C)C(C)(C)C. The molecule has 0 saturated heterocycles. The minimum atomic E-state index is -0.125. The van der Waals surface area contributed by atoms with Gasteiger partial charge in [0.05, 0.1) is 0 Å². The monoisotopic (exact) mass is 265 g/mol. The highest BCUT2D eigenvalue weighted by Crippen LogP contribution is 2.24. The third-order valence-electron chi connectivity index (χ3n) is 3.75. The number of hydrogen-bond acceptors (Lipinski definition) is 1. The summed E-state index contributed by atoms with van der Waals surface area (Å²) in [5, 5.41) is 3.56. The molecule has 108 valence electrons. The Kier molecular flexibility index (Phi) is 5.99. The standard InChI is InChI=1S/C17H28FN/c1-6-19-16(17(3,4)5)9-7-8-14-12-15(18)11-10-13(14)2/h10-12,16,19H,6-9H2,1-5H3. The third-order valence-corrected chi connectivity index (χ3v) is 3.75. The summed E-state index contributed by atoms with van der Waals surface area (Å²) < 4.78 is 13.2. The Hall–Kier alpha value is -0.890. The Morgan fingerprint density at radius 3 is 2.53 bits per heavy atom. The van der Waals surface area contributed by atoms with Crippen molar-refractivity contribution in [3.8, 4) is 0 Å². The molecule has 1 unspecified atom stereocenters. The van der Waals surface area contributed by atoms with Gasteiger partial charge >= 0.3 is 0 Å². The van der Waals surface area contributed by atoms with Crippen molar-refractivity contribution in [2.75, 3.05) is 6.54 Å². The summed E-state index contributed by atoms with van der Waals surface area (Å²) in [7, 11) is 0. The van der Waals surface area contributed by atoms with E-state index in [-0.39, 0.29) is 11.2 Å². The zero-order valence-electron chi connectivity index (χ0n) is 13.0. The number of nitrogens with one attached hydrogen (secondary N) is 1. The van der Waals surface area contributed by atoms with E-state index < -0.39 is 0 Å². The highest BCUT2D eigenvalue weighted by atomic mass is 19.1. The molecule has 1 atom stereocenters. The molecule has 1 N–H and O–H groups in total. The molecule has 0 heterocycles. The maximum Gasteiger partial charge on any atom is 0.123 e. The summed E-state index contributed by atoms with van der Waals surface area (Å²) in [6, 6.07) is 5.60. The number of benzene rings is 1. The third kappa shape index (κ3) is 5.32. The highest BCUT2D eigenvalue weighted by Gasteiger charge is 2.22. The van der Waals surface area contributed by atoms with Gasteiger partial charge in [-0.25, -0.2) is 4.39 Å². The van der Waals surface area contributed by atoms with Crippen molar-refractivity contribution in [2.24, 2.45) is 5.41 Å². The first-order valence-electron chi connectivity index (χ1n) is 7.33. The molecule has 1 aromatic carbocycles. The van der Waals surface area contributed by atoms with Crippen LogP contribution in [0.15, 0.2) is 18.2 Å². The summed E-state index contributed by atoms with van der Waals surface area (Å²) in [4.78, 5) is 0. The van der Waals surface area contributed by atoms with Gasteiger partial charge in [0.2, 0.25) is 0 Å². The molecule has 2 heteroatoms. The van der Waals surface area contributed by atoms with Gasteiger partial charge in [-0.3, -0.25) is 0 Å². The van der Waals surface area contributed by atoms with E-state index in [1.807, 2.05) is 6.07 Å². The van der Waals surface area contributed by atoms with Crippen LogP contribution >= 0.6 is 0 Å². The predicted octanol–water partition coefficient (Wildman–Crippen LogP) is 4.48. The molecule has 1 nitrogen and oxygen atoms in total. The molecule has 1 rings (SSSR count). The molecule has 0 spiro atoms. The van der Waals surface area contributed by atoms with Crippen molar-refractivity contribution in [3.63, 3.8) is 0 Å². The largest absolute Gasteiger partial charge is 0.314 e. The summed E-state index contributed by atoms with van der Waals surface area (Å²) >= 11 is 0. The Morgan fingerprint density at radius 1 is 1.26 bits per heavy atom. The lowest BCUT2D eigenvalue weighted by atomic mass is 9.83. The molecule has 0 aliphatic heterocycles. The van der Waals surface area contributed by atoms with E-state index in [1.165, 1.54) is 11.6 Å². The van der Waals surface area contributed by atoms with Crippen LogP contribution in [0.5, 0.6) is 0 Å². The molecular formula is C17H28FN. The number of aryl methyl sites for hydroxylation is 2. The molecule has 1 aromatic rings. The summed E-state index contributed by atoms with van der Waals surface area (Å²) in [5.74, 6) is -0.125. The second-order valence-corrected chi connectivity index (χ2v) is 6.44. The van der Waals surface area contributed by atoms with Crippen LogP contribution in [-0.2, 0) is 6.42 Å². The van der Waals surface area contributed by atoms with Gasteiger partial charge in [-0.2, -0.15) is 0 Å². The average molecular weight is 265 g/mol. The molecular weight excluding hydrogens is 237 g/mol. The Labute approximate surface area is 117 Å². The Bertz CT molecular complexity index is 393. The van der Waals surface area contributed by atoms with E-state index in [0.717, 1.165) is 31.4 Å². The lowest BCUT2D eigenvalue weighted by Crippen LogP contribution is -2.40. The quantitative estimate of drug-likeness (QED) is 0.799. The first-order valence-corrected chi connectivity index (χ1v) is 7.33. The van der Waals surface area contributed by atoms with Gasteiger partial charge in [0, 0.05) is 6.04 Å². The summed E-state index contributed by atoms with van der Waals surface area (Å²) in [5.41, 5.74) is 2.61. The zero-order valence-corrected chi connectivity index (χ0v) is 13.0. The molecule has 0 aromatic heterocycles. The minimum Gasteiger partial charge on any atom is -0.314 e. The van der Waals surface area contributed by atoms with Crippen LogP contribution in [0.25, 0.3) is 0 Å². The van der Waals surface area contributed by atoms with Crippen molar-refractivity contribution in [1.82, 2.24) is 5.32 Å². The average Bonchev–Trinajstić information content (AvgIpc) is 2.31. The van der Waals surface area contributed by atoms with Gasteiger partial charge < -0.3 is 5.32 Å². The summed E-state index contributed by atoms with van der Waals surface area (Å²) in [6.07, 6.45) is 3.19. The second kappa shape index (κ2) is 7.04. The topological polar surface area (TPSA) is 12.0 Å². The molecule has 0 aliphatic carbocycles. The van der Waals surface area contributed by atoms with Crippen LogP contribution in [-0.4, -0.2) is 12.6 Å². The molecule has 19 heavy (non-hydrogen) atoms. The number of hydrogen-bond donors (Lipinski definition) is 1. The van der Waals surface area contributed by atoms with Crippen LogP contribution in [0.2, 0.25) is 0 Å². The van der Waals surface area contributed by atoms with Gasteiger partial charge in [0.15, 0.2) is 0 Å². The van der Waals surface area contributed by atoms with E-state index in [1.54, 1.807) is 6.07 Å². The summed E-state index contributed by atoms with van der Waals surface area (Å²) in [6.45, 7) is 12.0. The van der Waals surface area contributed by atoms with Gasteiger partial charge in [-0.05, 0) is 61.4 Å². The lowest BCUT2D eigenvalue weighted by molar-refractivity contribution is 0.254. The predicted molar refractivity (Wildman–Crippen MR) is 81.0 cm³/mol. The van der Waals surface area contributed by atoms with Crippen LogP contribution in [0.3, 0.4) is 0 Å². The molecule has 0 radical (unpaired) electrons. The van der Waals surface area contributed by atoms with E-state index in [9.17, 15) is 4.39 Å². The maximum absolute atomic E-state index is 13.2. The van der Waals surface area contributed by atoms with Crippen molar-refractivity contribution >= 4 is 0 Å². The van der Waals surface area contributed by atoms with Gasteiger partial charge in [-0.1, -0.05) is 33.8 Å². The van der Waals surface area contributed by atoms with Crippen molar-refractivity contribution in [1.29, 1.82) is 0 Å². The van der Waals surface area contributed by atoms with Gasteiger partial charge in [0.25, 0.3) is 0 Å². The minimum absolute atomic E-state index is 0.125. The normalized spacial score (nSPS) is 13.6. The van der Waals surface area contributed by atoms with Crippen molar-refractivity contribution in [3.05, 3.63) is 35.1 Å². The van der Waals surface area contributed by atoms with E-state index >= 15 is 0 Å².